The van der Waals surface area contributed by atoms with Crippen LogP contribution < -0.4 is 4.90 Å². The molecule has 1 aromatic heterocycles. The largest absolute Gasteiger partial charge is 0.396 e. The molecular weight excluding hydrogens is 254 g/mol. The third-order valence-corrected chi connectivity index (χ3v) is 3.78. The second-order valence-corrected chi connectivity index (χ2v) is 5.08. The van der Waals surface area contributed by atoms with Gasteiger partial charge in [0.15, 0.2) is 0 Å². The SMILES string of the molecule is OCCCN(c1nnnn1-c1ccccc1)C1CCC1. The Balaban J connectivity index is 1.89. The number of benzene rings is 1. The van der Waals surface area contributed by atoms with Crippen LogP contribution >= 0.6 is 0 Å². The highest BCUT2D eigenvalue weighted by atomic mass is 16.3. The number of aliphatic hydroxyl groups is 1. The first-order valence-corrected chi connectivity index (χ1v) is 7.11. The van der Waals surface area contributed by atoms with Gasteiger partial charge in [-0.25, -0.2) is 0 Å². The molecule has 1 aromatic carbocycles. The van der Waals surface area contributed by atoms with Gasteiger partial charge in [0.25, 0.3) is 5.95 Å². The summed E-state index contributed by atoms with van der Waals surface area (Å²) in [5.41, 5.74) is 0.959. The number of nitrogens with zero attached hydrogens (tertiary/aromatic N) is 5. The van der Waals surface area contributed by atoms with Crippen LogP contribution in [0.15, 0.2) is 30.3 Å². The molecule has 106 valence electrons. The van der Waals surface area contributed by atoms with Crippen LogP contribution in [0, 0.1) is 0 Å². The van der Waals surface area contributed by atoms with E-state index in [2.05, 4.69) is 20.4 Å². The van der Waals surface area contributed by atoms with Crippen molar-refractivity contribution in [1.82, 2.24) is 20.2 Å². The van der Waals surface area contributed by atoms with Gasteiger partial charge in [0.05, 0.1) is 5.69 Å². The molecule has 2 aromatic rings. The van der Waals surface area contributed by atoms with Gasteiger partial charge in [0.2, 0.25) is 0 Å². The standard InChI is InChI=1S/C14H19N5O/c20-11-5-10-18(12-8-4-9-12)14-15-16-17-19(14)13-6-2-1-3-7-13/h1-3,6-7,12,20H,4-5,8-11H2. The number of tetrazole rings is 1. The summed E-state index contributed by atoms with van der Waals surface area (Å²) in [4.78, 5) is 2.23. The predicted molar refractivity (Wildman–Crippen MR) is 75.8 cm³/mol. The van der Waals surface area contributed by atoms with Crippen LogP contribution in [-0.4, -0.2) is 44.5 Å². The molecule has 6 heteroatoms. The van der Waals surface area contributed by atoms with Crippen molar-refractivity contribution in [3.05, 3.63) is 30.3 Å². The molecule has 3 rings (SSSR count). The smallest absolute Gasteiger partial charge is 0.250 e. The number of aliphatic hydroxyl groups excluding tert-OH is 1. The highest BCUT2D eigenvalue weighted by Crippen LogP contribution is 2.29. The van der Waals surface area contributed by atoms with E-state index in [-0.39, 0.29) is 6.61 Å². The Kier molecular flexibility index (Phi) is 3.92. The Morgan fingerprint density at radius 1 is 1.25 bits per heavy atom. The first-order valence-electron chi connectivity index (χ1n) is 7.11. The molecule has 6 nitrogen and oxygen atoms in total. The van der Waals surface area contributed by atoms with Crippen molar-refractivity contribution in [2.24, 2.45) is 0 Å². The van der Waals surface area contributed by atoms with Crippen LogP contribution in [0.4, 0.5) is 5.95 Å². The molecule has 20 heavy (non-hydrogen) atoms. The van der Waals surface area contributed by atoms with E-state index in [1.165, 1.54) is 19.3 Å². The fourth-order valence-electron chi connectivity index (χ4n) is 2.48. The highest BCUT2D eigenvalue weighted by Gasteiger charge is 2.28. The van der Waals surface area contributed by atoms with Gasteiger partial charge in [-0.15, -0.1) is 0 Å². The fourth-order valence-corrected chi connectivity index (χ4v) is 2.48. The molecular formula is C14H19N5O. The van der Waals surface area contributed by atoms with Crippen LogP contribution in [0.3, 0.4) is 0 Å². The van der Waals surface area contributed by atoms with E-state index < -0.39 is 0 Å². The number of para-hydroxylation sites is 1. The summed E-state index contributed by atoms with van der Waals surface area (Å²) in [6.45, 7) is 0.977. The summed E-state index contributed by atoms with van der Waals surface area (Å²) in [5.74, 6) is 0.773. The molecule has 1 saturated carbocycles. The van der Waals surface area contributed by atoms with Crippen molar-refractivity contribution in [3.63, 3.8) is 0 Å². The highest BCUT2D eigenvalue weighted by molar-refractivity contribution is 5.41. The summed E-state index contributed by atoms with van der Waals surface area (Å²) in [7, 11) is 0. The van der Waals surface area contributed by atoms with E-state index in [0.717, 1.165) is 24.6 Å². The van der Waals surface area contributed by atoms with Gasteiger partial charge in [-0.05, 0) is 48.2 Å². The van der Waals surface area contributed by atoms with Gasteiger partial charge >= 0.3 is 0 Å². The quantitative estimate of drug-likeness (QED) is 0.861. The monoisotopic (exact) mass is 273 g/mol. The zero-order valence-corrected chi connectivity index (χ0v) is 11.4. The minimum absolute atomic E-state index is 0.191. The molecule has 0 aliphatic heterocycles. The second kappa shape index (κ2) is 6.00. The molecule has 0 atom stereocenters. The summed E-state index contributed by atoms with van der Waals surface area (Å²) in [6.07, 6.45) is 4.34. The molecule has 0 spiro atoms. The Morgan fingerprint density at radius 2 is 2.05 bits per heavy atom. The van der Waals surface area contributed by atoms with E-state index in [0.29, 0.717) is 6.04 Å². The molecule has 0 unspecified atom stereocenters. The molecule has 1 fully saturated rings. The average Bonchev–Trinajstić information content (AvgIpc) is 2.91. The van der Waals surface area contributed by atoms with Gasteiger partial charge in [-0.3, -0.25) is 0 Å². The Bertz CT molecular complexity index is 538. The lowest BCUT2D eigenvalue weighted by Gasteiger charge is -2.37. The average molecular weight is 273 g/mol. The summed E-state index contributed by atoms with van der Waals surface area (Å²) in [5, 5.41) is 21.2. The Hall–Kier alpha value is -1.95. The Labute approximate surface area is 118 Å². The van der Waals surface area contributed by atoms with E-state index in [4.69, 9.17) is 5.11 Å². The molecule has 1 heterocycles. The molecule has 0 amide bonds. The van der Waals surface area contributed by atoms with Crippen molar-refractivity contribution in [2.45, 2.75) is 31.7 Å². The number of rotatable bonds is 6. The summed E-state index contributed by atoms with van der Waals surface area (Å²) >= 11 is 0. The molecule has 0 radical (unpaired) electrons. The maximum Gasteiger partial charge on any atom is 0.250 e. The molecule has 1 N–H and O–H groups in total. The van der Waals surface area contributed by atoms with Gasteiger partial charge in [-0.1, -0.05) is 23.3 Å². The fraction of sp³-hybridized carbons (Fsp3) is 0.500. The van der Waals surface area contributed by atoms with Crippen LogP contribution in [0.2, 0.25) is 0 Å². The van der Waals surface area contributed by atoms with Crippen LogP contribution in [0.1, 0.15) is 25.7 Å². The van der Waals surface area contributed by atoms with E-state index in [9.17, 15) is 0 Å². The zero-order chi connectivity index (χ0) is 13.8. The zero-order valence-electron chi connectivity index (χ0n) is 11.4. The van der Waals surface area contributed by atoms with Crippen molar-refractivity contribution in [3.8, 4) is 5.69 Å². The maximum atomic E-state index is 9.09. The van der Waals surface area contributed by atoms with Gasteiger partial charge in [0, 0.05) is 19.2 Å². The first-order chi connectivity index (χ1) is 9.90. The van der Waals surface area contributed by atoms with Crippen molar-refractivity contribution in [1.29, 1.82) is 0 Å². The lowest BCUT2D eigenvalue weighted by molar-refractivity contribution is 0.282. The predicted octanol–water partition coefficient (Wildman–Crippen LogP) is 1.40. The number of aromatic nitrogens is 4. The lowest BCUT2D eigenvalue weighted by atomic mass is 9.91. The van der Waals surface area contributed by atoms with E-state index in [1.54, 1.807) is 4.68 Å². The molecule has 0 bridgehead atoms. The summed E-state index contributed by atoms with van der Waals surface area (Å²) in [6, 6.07) is 10.4. The minimum atomic E-state index is 0.191. The molecule has 1 aliphatic rings. The van der Waals surface area contributed by atoms with Crippen molar-refractivity contribution >= 4 is 5.95 Å². The first kappa shape index (κ1) is 13.1. The maximum absolute atomic E-state index is 9.09. The van der Waals surface area contributed by atoms with E-state index >= 15 is 0 Å². The van der Waals surface area contributed by atoms with Crippen molar-refractivity contribution in [2.75, 3.05) is 18.1 Å². The Morgan fingerprint density at radius 3 is 2.70 bits per heavy atom. The summed E-state index contributed by atoms with van der Waals surface area (Å²) < 4.78 is 1.77. The van der Waals surface area contributed by atoms with Gasteiger partial charge < -0.3 is 10.0 Å². The number of hydrogen-bond donors (Lipinski definition) is 1. The van der Waals surface area contributed by atoms with E-state index in [1.807, 2.05) is 30.3 Å². The third kappa shape index (κ3) is 2.51. The number of hydrogen-bond acceptors (Lipinski definition) is 5. The third-order valence-electron chi connectivity index (χ3n) is 3.78. The lowest BCUT2D eigenvalue weighted by Crippen LogP contribution is -2.42. The second-order valence-electron chi connectivity index (χ2n) is 5.08. The number of anilines is 1. The normalized spacial score (nSPS) is 15.1. The molecule has 0 saturated heterocycles. The van der Waals surface area contributed by atoms with Gasteiger partial charge in [0.1, 0.15) is 0 Å². The van der Waals surface area contributed by atoms with Crippen LogP contribution in [0.25, 0.3) is 5.69 Å². The topological polar surface area (TPSA) is 67.1 Å². The van der Waals surface area contributed by atoms with Gasteiger partial charge in [-0.2, -0.15) is 4.68 Å². The van der Waals surface area contributed by atoms with Crippen molar-refractivity contribution < 1.29 is 5.11 Å². The van der Waals surface area contributed by atoms with Crippen LogP contribution in [0.5, 0.6) is 0 Å². The van der Waals surface area contributed by atoms with Crippen LogP contribution in [-0.2, 0) is 0 Å². The minimum Gasteiger partial charge on any atom is -0.396 e. The molecule has 1 aliphatic carbocycles.